The summed E-state index contributed by atoms with van der Waals surface area (Å²) in [7, 11) is 3.20. The van der Waals surface area contributed by atoms with Crippen LogP contribution in [0.1, 0.15) is 25.0 Å². The Balaban J connectivity index is 2.84. The van der Waals surface area contributed by atoms with Gasteiger partial charge in [0.1, 0.15) is 5.82 Å². The van der Waals surface area contributed by atoms with Gasteiger partial charge in [0.25, 0.3) is 5.56 Å². The van der Waals surface area contributed by atoms with Gasteiger partial charge in [0.15, 0.2) is 0 Å². The Bertz CT molecular complexity index is 901. The van der Waals surface area contributed by atoms with Crippen molar-refractivity contribution in [1.82, 2.24) is 9.13 Å². The average Bonchev–Trinajstić information content (AvgIpc) is 2.65. The van der Waals surface area contributed by atoms with Crippen LogP contribution in [0, 0.1) is 0 Å². The molecule has 5 nitrogen and oxygen atoms in total. The van der Waals surface area contributed by atoms with Crippen LogP contribution in [0.15, 0.2) is 52.6 Å². The van der Waals surface area contributed by atoms with E-state index in [0.717, 1.165) is 15.7 Å². The lowest BCUT2D eigenvalue weighted by Gasteiger charge is -2.25. The molecule has 0 aliphatic rings. The van der Waals surface area contributed by atoms with E-state index in [1.54, 1.807) is 13.1 Å². The summed E-state index contributed by atoms with van der Waals surface area (Å²) in [5.74, 6) is 0.633. The second-order valence-electron chi connectivity index (χ2n) is 5.79. The van der Waals surface area contributed by atoms with Gasteiger partial charge in [-0.25, -0.2) is 4.79 Å². The van der Waals surface area contributed by atoms with Crippen LogP contribution in [0.25, 0.3) is 11.6 Å². The molecule has 1 aromatic carbocycles. The van der Waals surface area contributed by atoms with Gasteiger partial charge < -0.3 is 4.90 Å². The lowest BCUT2D eigenvalue weighted by molar-refractivity contribution is 0.662. The van der Waals surface area contributed by atoms with E-state index in [9.17, 15) is 9.59 Å². The molecule has 0 aliphatic heterocycles. The first-order chi connectivity index (χ1) is 12.0. The van der Waals surface area contributed by atoms with Crippen LogP contribution >= 0.6 is 0 Å². The van der Waals surface area contributed by atoms with Gasteiger partial charge in [-0.15, -0.1) is 0 Å². The highest BCUT2D eigenvalue weighted by atomic mass is 16.2. The summed E-state index contributed by atoms with van der Waals surface area (Å²) >= 11 is 0. The van der Waals surface area contributed by atoms with Gasteiger partial charge in [-0.2, -0.15) is 0 Å². The Hall–Kier alpha value is -2.82. The highest BCUT2D eigenvalue weighted by Crippen LogP contribution is 2.23. The van der Waals surface area contributed by atoms with E-state index in [2.05, 4.69) is 6.58 Å². The van der Waals surface area contributed by atoms with Gasteiger partial charge >= 0.3 is 5.69 Å². The molecule has 132 valence electrons. The Kier molecular flexibility index (Phi) is 5.80. The third kappa shape index (κ3) is 3.50. The lowest BCUT2D eigenvalue weighted by atomic mass is 10.0. The van der Waals surface area contributed by atoms with Gasteiger partial charge in [-0.1, -0.05) is 43.0 Å². The van der Waals surface area contributed by atoms with Crippen molar-refractivity contribution in [2.75, 3.05) is 18.0 Å². The molecule has 0 saturated heterocycles. The van der Waals surface area contributed by atoms with Gasteiger partial charge in [0, 0.05) is 27.2 Å². The van der Waals surface area contributed by atoms with E-state index in [-0.39, 0.29) is 11.2 Å². The molecule has 1 aromatic heterocycles. The molecule has 0 spiro atoms. The van der Waals surface area contributed by atoms with Gasteiger partial charge in [0.05, 0.1) is 5.56 Å². The summed E-state index contributed by atoms with van der Waals surface area (Å²) in [5, 5.41) is 0. The second-order valence-corrected chi connectivity index (χ2v) is 5.79. The maximum atomic E-state index is 12.8. The Morgan fingerprint density at radius 2 is 1.68 bits per heavy atom. The van der Waals surface area contributed by atoms with Crippen molar-refractivity contribution < 1.29 is 0 Å². The lowest BCUT2D eigenvalue weighted by Crippen LogP contribution is -2.42. The zero-order chi connectivity index (χ0) is 18.6. The molecule has 0 fully saturated rings. The quantitative estimate of drug-likeness (QED) is 0.760. The predicted molar refractivity (Wildman–Crippen MR) is 105 cm³/mol. The van der Waals surface area contributed by atoms with Crippen molar-refractivity contribution in [2.24, 2.45) is 14.1 Å². The number of nitrogens with zero attached hydrogens (tertiary/aromatic N) is 3. The molecule has 0 bridgehead atoms. The van der Waals surface area contributed by atoms with Crippen molar-refractivity contribution in [3.8, 4) is 0 Å². The van der Waals surface area contributed by atoms with E-state index in [1.165, 1.54) is 11.6 Å². The monoisotopic (exact) mass is 339 g/mol. The smallest absolute Gasteiger partial charge is 0.332 e. The van der Waals surface area contributed by atoms with E-state index < -0.39 is 0 Å². The summed E-state index contributed by atoms with van der Waals surface area (Å²) < 4.78 is 2.68. The Morgan fingerprint density at radius 1 is 1.08 bits per heavy atom. The number of aromatic nitrogens is 2. The molecule has 0 amide bonds. The first kappa shape index (κ1) is 18.5. The van der Waals surface area contributed by atoms with Crippen LogP contribution in [0.2, 0.25) is 0 Å². The minimum Gasteiger partial charge on any atom is -0.358 e. The molecule has 1 heterocycles. The van der Waals surface area contributed by atoms with Crippen molar-refractivity contribution in [3.05, 3.63) is 75.0 Å². The van der Waals surface area contributed by atoms with Crippen molar-refractivity contribution in [3.63, 3.8) is 0 Å². The number of allylic oxidation sites excluding steroid dienone is 2. The summed E-state index contributed by atoms with van der Waals surface area (Å²) in [4.78, 5) is 27.2. The predicted octanol–water partition coefficient (Wildman–Crippen LogP) is 2.66. The highest BCUT2D eigenvalue weighted by molar-refractivity contribution is 5.89. The van der Waals surface area contributed by atoms with E-state index in [1.807, 2.05) is 55.2 Å². The zero-order valence-electron chi connectivity index (χ0n) is 15.3. The van der Waals surface area contributed by atoms with E-state index >= 15 is 0 Å². The number of anilines is 1. The number of hydrogen-bond donors (Lipinski definition) is 0. The fourth-order valence-corrected chi connectivity index (χ4v) is 2.94. The molecule has 0 aliphatic carbocycles. The molecule has 2 rings (SSSR count). The molecule has 0 atom stereocenters. The first-order valence-corrected chi connectivity index (χ1v) is 8.40. The van der Waals surface area contributed by atoms with E-state index in [4.69, 9.17) is 0 Å². The SMILES string of the molecule is C=C/C(=C\c1c(N(CC)CC)n(C)c(=O)n(C)c1=O)c1ccccc1. The highest BCUT2D eigenvalue weighted by Gasteiger charge is 2.18. The Morgan fingerprint density at radius 3 is 2.20 bits per heavy atom. The largest absolute Gasteiger partial charge is 0.358 e. The van der Waals surface area contributed by atoms with Crippen molar-refractivity contribution in [1.29, 1.82) is 0 Å². The van der Waals surface area contributed by atoms with Crippen LogP contribution in [0.5, 0.6) is 0 Å². The third-order valence-corrected chi connectivity index (χ3v) is 4.36. The normalized spacial score (nSPS) is 11.4. The topological polar surface area (TPSA) is 47.2 Å². The third-order valence-electron chi connectivity index (χ3n) is 4.36. The summed E-state index contributed by atoms with van der Waals surface area (Å²) in [5.41, 5.74) is 1.67. The molecular formula is C20H25N3O2. The molecule has 2 aromatic rings. The van der Waals surface area contributed by atoms with Crippen LogP contribution in [-0.4, -0.2) is 22.2 Å². The first-order valence-electron chi connectivity index (χ1n) is 8.40. The van der Waals surface area contributed by atoms with Crippen molar-refractivity contribution >= 4 is 17.5 Å². The fraction of sp³-hybridized carbons (Fsp3) is 0.300. The number of hydrogen-bond acceptors (Lipinski definition) is 3. The summed E-state index contributed by atoms with van der Waals surface area (Å²) in [6.45, 7) is 9.29. The molecule has 0 unspecified atom stereocenters. The van der Waals surface area contributed by atoms with Gasteiger partial charge in [0.2, 0.25) is 0 Å². The maximum Gasteiger partial charge on any atom is 0.332 e. The molecular weight excluding hydrogens is 314 g/mol. The molecule has 0 radical (unpaired) electrons. The summed E-state index contributed by atoms with van der Waals surface area (Å²) in [6.07, 6.45) is 3.55. The second kappa shape index (κ2) is 7.83. The molecule has 0 N–H and O–H groups in total. The van der Waals surface area contributed by atoms with Gasteiger partial charge in [-0.3, -0.25) is 13.9 Å². The number of rotatable bonds is 6. The maximum absolute atomic E-state index is 12.8. The molecule has 5 heteroatoms. The average molecular weight is 339 g/mol. The zero-order valence-corrected chi connectivity index (χ0v) is 15.3. The summed E-state index contributed by atoms with van der Waals surface area (Å²) in [6, 6.07) is 9.76. The minimum atomic E-state index is -0.330. The van der Waals surface area contributed by atoms with E-state index in [0.29, 0.717) is 24.5 Å². The molecule has 25 heavy (non-hydrogen) atoms. The van der Waals surface area contributed by atoms with Crippen LogP contribution in [-0.2, 0) is 14.1 Å². The van der Waals surface area contributed by atoms with Gasteiger partial charge in [-0.05, 0) is 31.1 Å². The molecule has 0 saturated carbocycles. The standard InChI is InChI=1S/C20H25N3O2/c1-6-15(16-12-10-9-11-13-16)14-17-18(23(7-2)8-3)21(4)20(25)22(5)19(17)24/h6,9-14H,1,7-8H2,2-5H3/b15-14+. The van der Waals surface area contributed by atoms with Crippen LogP contribution in [0.4, 0.5) is 5.82 Å². The van der Waals surface area contributed by atoms with Crippen LogP contribution < -0.4 is 16.1 Å². The van der Waals surface area contributed by atoms with Crippen molar-refractivity contribution in [2.45, 2.75) is 13.8 Å². The fourth-order valence-electron chi connectivity index (χ4n) is 2.94. The Labute approximate surface area is 148 Å². The minimum absolute atomic E-state index is 0.305. The number of benzene rings is 1. The van der Waals surface area contributed by atoms with Crippen LogP contribution in [0.3, 0.4) is 0 Å².